The Labute approximate surface area is 137 Å². The molecule has 1 N–H and O–H groups in total. The first-order valence-corrected chi connectivity index (χ1v) is 7.97. The van der Waals surface area contributed by atoms with Gasteiger partial charge in [-0.25, -0.2) is 0 Å². The van der Waals surface area contributed by atoms with Crippen LogP contribution in [0.5, 0.6) is 0 Å². The van der Waals surface area contributed by atoms with Crippen molar-refractivity contribution in [2.75, 3.05) is 37.6 Å². The van der Waals surface area contributed by atoms with Crippen LogP contribution >= 0.6 is 0 Å². The van der Waals surface area contributed by atoms with E-state index in [-0.39, 0.29) is 0 Å². The maximum Gasteiger partial charge on any atom is 0.0991 e. The molecule has 2 aromatic carbocycles. The molecule has 0 radical (unpaired) electrons. The standard InChI is InChI=1S/C19H21N3O/c20-14-16-6-8-17(9-7-16)19(23)15-21-10-12-22(13-11-21)18-4-2-1-3-5-18/h1-9,19,23H,10-13,15H2. The zero-order valence-corrected chi connectivity index (χ0v) is 13.1. The van der Waals surface area contributed by atoms with Crippen molar-refractivity contribution in [3.63, 3.8) is 0 Å². The number of aliphatic hydroxyl groups is 1. The van der Waals surface area contributed by atoms with Crippen LogP contribution in [0.4, 0.5) is 5.69 Å². The maximum absolute atomic E-state index is 10.4. The van der Waals surface area contributed by atoms with Gasteiger partial charge in [0.2, 0.25) is 0 Å². The van der Waals surface area contributed by atoms with Gasteiger partial charge in [-0.3, -0.25) is 4.90 Å². The molecular formula is C19H21N3O. The molecule has 1 fully saturated rings. The van der Waals surface area contributed by atoms with Crippen molar-refractivity contribution in [1.29, 1.82) is 5.26 Å². The van der Waals surface area contributed by atoms with Crippen LogP contribution in [-0.2, 0) is 0 Å². The molecule has 0 saturated carbocycles. The molecule has 118 valence electrons. The van der Waals surface area contributed by atoms with E-state index >= 15 is 0 Å². The van der Waals surface area contributed by atoms with E-state index < -0.39 is 6.10 Å². The molecule has 0 spiro atoms. The zero-order valence-electron chi connectivity index (χ0n) is 13.1. The minimum atomic E-state index is -0.508. The molecule has 0 bridgehead atoms. The number of aliphatic hydroxyl groups excluding tert-OH is 1. The number of benzene rings is 2. The van der Waals surface area contributed by atoms with E-state index in [2.05, 4.69) is 40.1 Å². The van der Waals surface area contributed by atoms with Crippen LogP contribution in [0.15, 0.2) is 54.6 Å². The van der Waals surface area contributed by atoms with Crippen molar-refractivity contribution < 1.29 is 5.11 Å². The van der Waals surface area contributed by atoms with E-state index in [1.807, 2.05) is 18.2 Å². The average molecular weight is 307 g/mol. The molecule has 4 heteroatoms. The third-order valence-electron chi connectivity index (χ3n) is 4.35. The van der Waals surface area contributed by atoms with E-state index in [1.54, 1.807) is 12.1 Å². The summed E-state index contributed by atoms with van der Waals surface area (Å²) in [5, 5.41) is 19.2. The Morgan fingerprint density at radius 3 is 2.22 bits per heavy atom. The number of hydrogen-bond donors (Lipinski definition) is 1. The lowest BCUT2D eigenvalue weighted by Crippen LogP contribution is -2.47. The molecule has 2 aromatic rings. The normalized spacial score (nSPS) is 16.8. The number of para-hydroxylation sites is 1. The zero-order chi connectivity index (χ0) is 16.1. The highest BCUT2D eigenvalue weighted by molar-refractivity contribution is 5.46. The SMILES string of the molecule is N#Cc1ccc(C(O)CN2CCN(c3ccccc3)CC2)cc1. The fraction of sp³-hybridized carbons (Fsp3) is 0.316. The van der Waals surface area contributed by atoms with E-state index in [4.69, 9.17) is 5.26 Å². The van der Waals surface area contributed by atoms with Crippen LogP contribution in [0.1, 0.15) is 17.2 Å². The predicted molar refractivity (Wildman–Crippen MR) is 91.2 cm³/mol. The van der Waals surface area contributed by atoms with Crippen molar-refractivity contribution in [2.24, 2.45) is 0 Å². The molecule has 0 aromatic heterocycles. The highest BCUT2D eigenvalue weighted by atomic mass is 16.3. The summed E-state index contributed by atoms with van der Waals surface area (Å²) in [7, 11) is 0. The fourth-order valence-electron chi connectivity index (χ4n) is 2.96. The Balaban J connectivity index is 1.53. The van der Waals surface area contributed by atoms with Gasteiger partial charge in [0, 0.05) is 38.4 Å². The second kappa shape index (κ2) is 7.28. The van der Waals surface area contributed by atoms with E-state index in [0.29, 0.717) is 12.1 Å². The number of hydrogen-bond acceptors (Lipinski definition) is 4. The molecule has 3 rings (SSSR count). The highest BCUT2D eigenvalue weighted by Crippen LogP contribution is 2.19. The van der Waals surface area contributed by atoms with Crippen LogP contribution in [0.2, 0.25) is 0 Å². The van der Waals surface area contributed by atoms with Gasteiger partial charge in [-0.1, -0.05) is 30.3 Å². The van der Waals surface area contributed by atoms with Crippen molar-refractivity contribution in [3.8, 4) is 6.07 Å². The molecule has 0 aliphatic carbocycles. The monoisotopic (exact) mass is 307 g/mol. The Morgan fingerprint density at radius 1 is 0.957 bits per heavy atom. The largest absolute Gasteiger partial charge is 0.387 e. The van der Waals surface area contributed by atoms with Gasteiger partial charge in [-0.15, -0.1) is 0 Å². The van der Waals surface area contributed by atoms with Crippen LogP contribution in [0.3, 0.4) is 0 Å². The lowest BCUT2D eigenvalue weighted by molar-refractivity contribution is 0.109. The van der Waals surface area contributed by atoms with Crippen LogP contribution < -0.4 is 4.90 Å². The summed E-state index contributed by atoms with van der Waals surface area (Å²) in [6.07, 6.45) is -0.508. The quantitative estimate of drug-likeness (QED) is 0.942. The first-order chi connectivity index (χ1) is 11.3. The topological polar surface area (TPSA) is 50.5 Å². The first-order valence-electron chi connectivity index (χ1n) is 7.97. The molecule has 1 unspecified atom stereocenters. The molecule has 1 aliphatic rings. The molecular weight excluding hydrogens is 286 g/mol. The molecule has 1 saturated heterocycles. The van der Waals surface area contributed by atoms with Crippen LogP contribution in [0, 0.1) is 11.3 Å². The molecule has 1 aliphatic heterocycles. The lowest BCUT2D eigenvalue weighted by atomic mass is 10.1. The Hall–Kier alpha value is -2.35. The number of β-amino-alcohol motifs (C(OH)–C–C–N with tert-alkyl or cyclic N) is 1. The van der Waals surface area contributed by atoms with E-state index in [1.165, 1.54) is 5.69 Å². The van der Waals surface area contributed by atoms with Crippen molar-refractivity contribution in [1.82, 2.24) is 4.90 Å². The predicted octanol–water partition coefficient (Wildman–Crippen LogP) is 2.41. The second-order valence-corrected chi connectivity index (χ2v) is 5.87. The van der Waals surface area contributed by atoms with Gasteiger partial charge in [0.25, 0.3) is 0 Å². The summed E-state index contributed by atoms with van der Waals surface area (Å²) < 4.78 is 0. The molecule has 1 heterocycles. The number of nitrogens with zero attached hydrogens (tertiary/aromatic N) is 3. The van der Waals surface area contributed by atoms with Crippen molar-refractivity contribution >= 4 is 5.69 Å². The van der Waals surface area contributed by atoms with Gasteiger partial charge < -0.3 is 10.0 Å². The molecule has 1 atom stereocenters. The van der Waals surface area contributed by atoms with Gasteiger partial charge in [0.05, 0.1) is 17.7 Å². The maximum atomic E-state index is 10.4. The summed E-state index contributed by atoms with van der Waals surface area (Å²) in [6.45, 7) is 4.48. The lowest BCUT2D eigenvalue weighted by Gasteiger charge is -2.37. The van der Waals surface area contributed by atoms with Crippen molar-refractivity contribution in [2.45, 2.75) is 6.10 Å². The van der Waals surface area contributed by atoms with Gasteiger partial charge in [-0.05, 0) is 29.8 Å². The van der Waals surface area contributed by atoms with Gasteiger partial charge in [-0.2, -0.15) is 5.26 Å². The van der Waals surface area contributed by atoms with Gasteiger partial charge in [0.1, 0.15) is 0 Å². The summed E-state index contributed by atoms with van der Waals surface area (Å²) in [6, 6.07) is 19.7. The number of nitriles is 1. The first kappa shape index (κ1) is 15.5. The summed E-state index contributed by atoms with van der Waals surface area (Å²) >= 11 is 0. The third-order valence-corrected chi connectivity index (χ3v) is 4.35. The Morgan fingerprint density at radius 2 is 1.61 bits per heavy atom. The smallest absolute Gasteiger partial charge is 0.0991 e. The number of rotatable bonds is 4. The van der Waals surface area contributed by atoms with Gasteiger partial charge in [0.15, 0.2) is 0 Å². The number of anilines is 1. The average Bonchev–Trinajstić information content (AvgIpc) is 2.63. The van der Waals surface area contributed by atoms with Crippen molar-refractivity contribution in [3.05, 3.63) is 65.7 Å². The minimum Gasteiger partial charge on any atom is -0.387 e. The summed E-state index contributed by atoms with van der Waals surface area (Å²) in [4.78, 5) is 4.67. The second-order valence-electron chi connectivity index (χ2n) is 5.87. The minimum absolute atomic E-state index is 0.508. The van der Waals surface area contributed by atoms with E-state index in [0.717, 1.165) is 31.7 Å². The molecule has 0 amide bonds. The van der Waals surface area contributed by atoms with E-state index in [9.17, 15) is 5.11 Å². The molecule has 23 heavy (non-hydrogen) atoms. The van der Waals surface area contributed by atoms with Crippen LogP contribution in [0.25, 0.3) is 0 Å². The third kappa shape index (κ3) is 3.89. The van der Waals surface area contributed by atoms with Gasteiger partial charge >= 0.3 is 0 Å². The summed E-state index contributed by atoms with van der Waals surface area (Å²) in [5.74, 6) is 0. The number of piperazine rings is 1. The van der Waals surface area contributed by atoms with Crippen LogP contribution in [-0.4, -0.2) is 42.7 Å². The summed E-state index contributed by atoms with van der Waals surface area (Å²) in [5.41, 5.74) is 2.76. The Kier molecular flexibility index (Phi) is 4.92. The fourth-order valence-corrected chi connectivity index (χ4v) is 2.96. The molecule has 4 nitrogen and oxygen atoms in total. The Bertz CT molecular complexity index is 655. The highest BCUT2D eigenvalue weighted by Gasteiger charge is 2.20.